The lowest BCUT2D eigenvalue weighted by Gasteiger charge is -2.23. The van der Waals surface area contributed by atoms with E-state index in [1.807, 2.05) is 0 Å². The van der Waals surface area contributed by atoms with E-state index in [4.69, 9.17) is 0 Å². The molecule has 2 rings (SSSR count). The second kappa shape index (κ2) is 4.67. The minimum atomic E-state index is 0.189. The first-order valence-electron chi connectivity index (χ1n) is 7.30. The van der Waals surface area contributed by atoms with E-state index in [9.17, 15) is 0 Å². The minimum Gasteiger partial charge on any atom is -0.0646 e. The highest BCUT2D eigenvalue weighted by Crippen LogP contribution is 2.44. The summed E-state index contributed by atoms with van der Waals surface area (Å²) in [7, 11) is 0. The van der Waals surface area contributed by atoms with Crippen molar-refractivity contribution in [3.8, 4) is 11.1 Å². The third-order valence-corrected chi connectivity index (χ3v) is 4.33. The van der Waals surface area contributed by atoms with Gasteiger partial charge < -0.3 is 0 Å². The van der Waals surface area contributed by atoms with Crippen molar-refractivity contribution in [2.24, 2.45) is 0 Å². The molecule has 0 spiro atoms. The first-order valence-corrected chi connectivity index (χ1v) is 7.30. The van der Waals surface area contributed by atoms with E-state index in [2.05, 4.69) is 77.9 Å². The zero-order chi connectivity index (χ0) is 14.3. The van der Waals surface area contributed by atoms with Gasteiger partial charge in [-0.3, -0.25) is 0 Å². The first-order chi connectivity index (χ1) is 8.77. The Balaban J connectivity index is 2.76. The van der Waals surface area contributed by atoms with Crippen LogP contribution in [0.25, 0.3) is 11.1 Å². The fraction of sp³-hybridized carbons (Fsp3) is 0.474. The third-order valence-electron chi connectivity index (χ3n) is 4.33. The molecule has 2 aliphatic rings. The van der Waals surface area contributed by atoms with Gasteiger partial charge in [0.05, 0.1) is 0 Å². The summed E-state index contributed by atoms with van der Waals surface area (Å²) in [4.78, 5) is 0. The molecule has 0 saturated carbocycles. The molecule has 0 fully saturated rings. The van der Waals surface area contributed by atoms with E-state index >= 15 is 0 Å². The second-order valence-electron chi connectivity index (χ2n) is 7.20. The Hall–Kier alpha value is -1.30. The third kappa shape index (κ3) is 2.54. The molecule has 0 aromatic heterocycles. The van der Waals surface area contributed by atoms with Crippen LogP contribution in [-0.4, -0.2) is 0 Å². The van der Waals surface area contributed by atoms with Gasteiger partial charge in [-0.1, -0.05) is 77.9 Å². The van der Waals surface area contributed by atoms with E-state index in [0.29, 0.717) is 0 Å². The molecule has 0 nitrogen and oxygen atoms in total. The molecule has 0 radical (unpaired) electrons. The monoisotopic (exact) mass is 254 g/mol. The second-order valence-corrected chi connectivity index (χ2v) is 7.20. The molecule has 0 atom stereocenters. The summed E-state index contributed by atoms with van der Waals surface area (Å²) in [5.41, 5.74) is 6.21. The quantitative estimate of drug-likeness (QED) is 0.637. The molecule has 0 bridgehead atoms. The fourth-order valence-corrected chi connectivity index (χ4v) is 2.69. The van der Waals surface area contributed by atoms with Crippen molar-refractivity contribution < 1.29 is 0 Å². The van der Waals surface area contributed by atoms with Crippen molar-refractivity contribution in [2.45, 2.75) is 58.8 Å². The molecular weight excluding hydrogens is 228 g/mol. The van der Waals surface area contributed by atoms with E-state index in [-0.39, 0.29) is 10.8 Å². The smallest absolute Gasteiger partial charge is 0.00999 e. The van der Waals surface area contributed by atoms with Crippen molar-refractivity contribution in [3.63, 3.8) is 0 Å². The lowest BCUT2D eigenvalue weighted by atomic mass is 9.81. The molecule has 0 aromatic rings. The van der Waals surface area contributed by atoms with Crippen LogP contribution in [0.1, 0.15) is 59.1 Å². The summed E-state index contributed by atoms with van der Waals surface area (Å²) >= 11 is 0. The largest absolute Gasteiger partial charge is 0.0646 e. The van der Waals surface area contributed by atoms with Gasteiger partial charge in [0, 0.05) is 0 Å². The summed E-state index contributed by atoms with van der Waals surface area (Å²) in [5, 5.41) is 0. The number of rotatable bonds is 2. The molecule has 0 N–H and O–H groups in total. The van der Waals surface area contributed by atoms with E-state index in [0.717, 1.165) is 6.42 Å². The van der Waals surface area contributed by atoms with Gasteiger partial charge in [0.15, 0.2) is 0 Å². The molecule has 19 heavy (non-hydrogen) atoms. The van der Waals surface area contributed by atoms with Crippen LogP contribution in [0.15, 0.2) is 36.4 Å². The molecule has 0 saturated heterocycles. The van der Waals surface area contributed by atoms with Crippen LogP contribution < -0.4 is 0 Å². The molecule has 0 unspecified atom stereocenters. The lowest BCUT2D eigenvalue weighted by molar-refractivity contribution is 0.507. The van der Waals surface area contributed by atoms with Crippen LogP contribution in [0.4, 0.5) is 0 Å². The van der Waals surface area contributed by atoms with Crippen LogP contribution in [0.5, 0.6) is 0 Å². The summed E-state index contributed by atoms with van der Waals surface area (Å²) in [5.74, 6) is 0. The average molecular weight is 254 g/mol. The number of hydrogen-bond acceptors (Lipinski definition) is 0. The predicted octanol–water partition coefficient (Wildman–Crippen LogP) is 5.78. The Kier molecular flexibility index (Phi) is 3.47. The van der Waals surface area contributed by atoms with Crippen molar-refractivity contribution in [1.82, 2.24) is 0 Å². The van der Waals surface area contributed by atoms with Gasteiger partial charge in [0.2, 0.25) is 0 Å². The van der Waals surface area contributed by atoms with Crippen molar-refractivity contribution in [3.05, 3.63) is 47.5 Å². The number of hydrogen-bond donors (Lipinski definition) is 0. The summed E-state index contributed by atoms with van der Waals surface area (Å²) in [6.45, 7) is 13.9. The van der Waals surface area contributed by atoms with Gasteiger partial charge in [-0.15, -0.1) is 0 Å². The van der Waals surface area contributed by atoms with Crippen molar-refractivity contribution in [2.75, 3.05) is 0 Å². The molecule has 2 aliphatic carbocycles. The van der Waals surface area contributed by atoms with Gasteiger partial charge in [-0.05, 0) is 39.5 Å². The normalized spacial score (nSPS) is 12.9. The molecule has 0 aromatic carbocycles. The lowest BCUT2D eigenvalue weighted by Crippen LogP contribution is -2.15. The van der Waals surface area contributed by atoms with Crippen molar-refractivity contribution in [1.29, 1.82) is 0 Å². The summed E-state index contributed by atoms with van der Waals surface area (Å²) in [6.07, 6.45) is 1.16. The van der Waals surface area contributed by atoms with Gasteiger partial charge in [0.1, 0.15) is 0 Å². The van der Waals surface area contributed by atoms with Crippen LogP contribution in [0.2, 0.25) is 0 Å². The maximum Gasteiger partial charge on any atom is -0.00999 e. The highest BCUT2D eigenvalue weighted by atomic mass is 14.3. The van der Waals surface area contributed by atoms with Crippen LogP contribution in [0, 0.1) is 0 Å². The van der Waals surface area contributed by atoms with Crippen LogP contribution in [0.3, 0.4) is 0 Å². The predicted molar refractivity (Wildman–Crippen MR) is 85.1 cm³/mol. The molecular formula is C19H26. The maximum absolute atomic E-state index is 2.44. The highest BCUT2D eigenvalue weighted by Gasteiger charge is 2.29. The van der Waals surface area contributed by atoms with Crippen LogP contribution >= 0.6 is 0 Å². The molecule has 102 valence electrons. The maximum atomic E-state index is 2.44. The van der Waals surface area contributed by atoms with Crippen LogP contribution in [-0.2, 0) is 10.8 Å². The Bertz CT molecular complexity index is 541. The summed E-state index contributed by atoms with van der Waals surface area (Å²) in [6, 6.07) is 13.4. The van der Waals surface area contributed by atoms with Crippen molar-refractivity contribution >= 4 is 0 Å². The zero-order valence-electron chi connectivity index (χ0n) is 13.2. The molecule has 0 aliphatic heterocycles. The average Bonchev–Trinajstić information content (AvgIpc) is 2.53. The topological polar surface area (TPSA) is 0 Å². The standard InChI is InChI=1S/C19H26/c1-7-19(5,6)17-13-16(18(2,3)4)14-11-9-8-10-12-15(14)17/h8-13H,7H2,1-6H3. The Labute approximate surface area is 118 Å². The molecule has 0 heteroatoms. The first kappa shape index (κ1) is 14.1. The zero-order valence-corrected chi connectivity index (χ0v) is 13.2. The van der Waals surface area contributed by atoms with E-state index in [1.54, 1.807) is 0 Å². The molecule has 0 heterocycles. The fourth-order valence-electron chi connectivity index (χ4n) is 2.69. The summed E-state index contributed by atoms with van der Waals surface area (Å²) < 4.78 is 0. The van der Waals surface area contributed by atoms with Gasteiger partial charge in [0.25, 0.3) is 0 Å². The van der Waals surface area contributed by atoms with E-state index < -0.39 is 0 Å². The Morgan fingerprint density at radius 3 is 1.79 bits per heavy atom. The SMILES string of the molecule is CCC(C)(C)c1cc(C(C)(C)C)c2cccccc1-2. The van der Waals surface area contributed by atoms with E-state index in [1.165, 1.54) is 22.3 Å². The van der Waals surface area contributed by atoms with Gasteiger partial charge >= 0.3 is 0 Å². The van der Waals surface area contributed by atoms with Gasteiger partial charge in [-0.2, -0.15) is 0 Å². The molecule has 0 amide bonds. The minimum absolute atomic E-state index is 0.189. The van der Waals surface area contributed by atoms with Gasteiger partial charge in [-0.25, -0.2) is 0 Å². The Morgan fingerprint density at radius 2 is 1.32 bits per heavy atom. The Morgan fingerprint density at radius 1 is 0.789 bits per heavy atom. The number of fused-ring (bicyclic) bond motifs is 1. The highest BCUT2D eigenvalue weighted by molar-refractivity contribution is 5.77.